The van der Waals surface area contributed by atoms with Crippen molar-refractivity contribution in [2.45, 2.75) is 6.92 Å². The van der Waals surface area contributed by atoms with Crippen molar-refractivity contribution in [3.05, 3.63) is 48.5 Å². The SMILES string of the molecule is CCOc1ccc(OCCNC(=O)CN2CCN(c3ccc(O)cc3)CC2)cc1. The Kier molecular flexibility index (Phi) is 7.58. The average Bonchev–Trinajstić information content (AvgIpc) is 2.74. The predicted molar refractivity (Wildman–Crippen MR) is 113 cm³/mol. The van der Waals surface area contributed by atoms with Crippen LogP contribution in [0.3, 0.4) is 0 Å². The summed E-state index contributed by atoms with van der Waals surface area (Å²) in [5.41, 5.74) is 1.10. The number of phenolic OH excluding ortho intramolecular Hbond substituents is 1. The Labute approximate surface area is 171 Å². The molecule has 2 aromatic rings. The van der Waals surface area contributed by atoms with E-state index in [-0.39, 0.29) is 11.7 Å². The minimum absolute atomic E-state index is 0.0124. The molecule has 0 bridgehead atoms. The number of nitrogens with one attached hydrogen (secondary N) is 1. The number of rotatable bonds is 9. The lowest BCUT2D eigenvalue weighted by Gasteiger charge is -2.35. The van der Waals surface area contributed by atoms with Gasteiger partial charge in [0, 0.05) is 31.9 Å². The van der Waals surface area contributed by atoms with E-state index in [1.54, 1.807) is 12.1 Å². The molecule has 3 rings (SSSR count). The zero-order valence-electron chi connectivity index (χ0n) is 16.8. The average molecular weight is 399 g/mol. The number of amides is 1. The van der Waals surface area contributed by atoms with E-state index in [4.69, 9.17) is 9.47 Å². The molecule has 2 N–H and O–H groups in total. The third-order valence-electron chi connectivity index (χ3n) is 4.78. The maximum Gasteiger partial charge on any atom is 0.234 e. The van der Waals surface area contributed by atoms with Gasteiger partial charge in [-0.15, -0.1) is 0 Å². The first-order chi connectivity index (χ1) is 14.1. The molecule has 1 aliphatic rings. The van der Waals surface area contributed by atoms with E-state index in [0.717, 1.165) is 43.4 Å². The van der Waals surface area contributed by atoms with Crippen molar-refractivity contribution < 1.29 is 19.4 Å². The Morgan fingerprint density at radius 2 is 1.59 bits per heavy atom. The zero-order valence-corrected chi connectivity index (χ0v) is 16.8. The van der Waals surface area contributed by atoms with Crippen LogP contribution in [0.4, 0.5) is 5.69 Å². The molecule has 0 unspecified atom stereocenters. The number of hydrogen-bond donors (Lipinski definition) is 2. The lowest BCUT2D eigenvalue weighted by Crippen LogP contribution is -2.49. The summed E-state index contributed by atoms with van der Waals surface area (Å²) < 4.78 is 11.0. The maximum atomic E-state index is 12.2. The van der Waals surface area contributed by atoms with Gasteiger partial charge in [0.1, 0.15) is 23.9 Å². The molecule has 7 heteroatoms. The monoisotopic (exact) mass is 399 g/mol. The van der Waals surface area contributed by atoms with Crippen molar-refractivity contribution in [2.75, 3.05) is 57.4 Å². The third-order valence-corrected chi connectivity index (χ3v) is 4.78. The summed E-state index contributed by atoms with van der Waals surface area (Å²) in [6, 6.07) is 14.7. The van der Waals surface area contributed by atoms with Gasteiger partial charge in [-0.3, -0.25) is 9.69 Å². The Morgan fingerprint density at radius 1 is 0.966 bits per heavy atom. The number of aromatic hydroxyl groups is 1. The smallest absolute Gasteiger partial charge is 0.234 e. The standard InChI is InChI=1S/C22H29N3O4/c1-2-28-20-7-9-21(10-8-20)29-16-11-23-22(27)17-24-12-14-25(15-13-24)18-3-5-19(26)6-4-18/h3-10,26H,2,11-17H2,1H3,(H,23,27). The summed E-state index contributed by atoms with van der Waals surface area (Å²) in [4.78, 5) is 16.6. The van der Waals surface area contributed by atoms with Crippen molar-refractivity contribution in [2.24, 2.45) is 0 Å². The number of phenols is 1. The van der Waals surface area contributed by atoms with Crippen LogP contribution in [-0.2, 0) is 4.79 Å². The molecule has 1 aliphatic heterocycles. The van der Waals surface area contributed by atoms with Gasteiger partial charge in [0.25, 0.3) is 0 Å². The summed E-state index contributed by atoms with van der Waals surface area (Å²) in [5.74, 6) is 1.86. The number of hydrogen-bond acceptors (Lipinski definition) is 6. The molecular weight excluding hydrogens is 370 g/mol. The fraction of sp³-hybridized carbons (Fsp3) is 0.409. The molecule has 0 atom stereocenters. The largest absolute Gasteiger partial charge is 0.508 e. The van der Waals surface area contributed by atoms with E-state index in [1.807, 2.05) is 43.3 Å². The number of ether oxygens (including phenoxy) is 2. The molecule has 0 saturated carbocycles. The topological polar surface area (TPSA) is 74.3 Å². The highest BCUT2D eigenvalue weighted by Gasteiger charge is 2.19. The molecule has 156 valence electrons. The van der Waals surface area contributed by atoms with E-state index in [2.05, 4.69) is 15.1 Å². The molecule has 2 aromatic carbocycles. The van der Waals surface area contributed by atoms with Crippen LogP contribution in [0.15, 0.2) is 48.5 Å². The number of anilines is 1. The highest BCUT2D eigenvalue weighted by atomic mass is 16.5. The van der Waals surface area contributed by atoms with Crippen LogP contribution in [0.1, 0.15) is 6.92 Å². The molecule has 29 heavy (non-hydrogen) atoms. The summed E-state index contributed by atoms with van der Waals surface area (Å²) in [6.45, 7) is 7.26. The second-order valence-corrected chi connectivity index (χ2v) is 6.88. The van der Waals surface area contributed by atoms with Crippen LogP contribution in [0.5, 0.6) is 17.2 Å². The lowest BCUT2D eigenvalue weighted by atomic mass is 10.2. The molecule has 1 amide bonds. The molecule has 0 spiro atoms. The number of carbonyl (C=O) groups is 1. The van der Waals surface area contributed by atoms with Gasteiger partial charge in [-0.25, -0.2) is 0 Å². The summed E-state index contributed by atoms with van der Waals surface area (Å²) in [5, 5.41) is 12.3. The third kappa shape index (κ3) is 6.57. The maximum absolute atomic E-state index is 12.2. The van der Waals surface area contributed by atoms with E-state index >= 15 is 0 Å². The van der Waals surface area contributed by atoms with Crippen molar-refractivity contribution in [1.29, 1.82) is 0 Å². The second kappa shape index (κ2) is 10.6. The minimum Gasteiger partial charge on any atom is -0.508 e. The molecule has 0 aromatic heterocycles. The Hall–Kier alpha value is -2.93. The van der Waals surface area contributed by atoms with Gasteiger partial charge >= 0.3 is 0 Å². The van der Waals surface area contributed by atoms with Gasteiger partial charge in [0.2, 0.25) is 5.91 Å². The van der Waals surface area contributed by atoms with Crippen molar-refractivity contribution in [3.63, 3.8) is 0 Å². The van der Waals surface area contributed by atoms with Crippen molar-refractivity contribution in [3.8, 4) is 17.2 Å². The zero-order chi connectivity index (χ0) is 20.5. The highest BCUT2D eigenvalue weighted by molar-refractivity contribution is 5.78. The highest BCUT2D eigenvalue weighted by Crippen LogP contribution is 2.20. The molecule has 1 fully saturated rings. The lowest BCUT2D eigenvalue weighted by molar-refractivity contribution is -0.122. The van der Waals surface area contributed by atoms with Crippen molar-refractivity contribution in [1.82, 2.24) is 10.2 Å². The number of benzene rings is 2. The van der Waals surface area contributed by atoms with Gasteiger partial charge in [0.05, 0.1) is 19.7 Å². The summed E-state index contributed by atoms with van der Waals surface area (Å²) >= 11 is 0. The molecule has 0 radical (unpaired) electrons. The normalized spacial score (nSPS) is 14.4. The summed E-state index contributed by atoms with van der Waals surface area (Å²) in [7, 11) is 0. The predicted octanol–water partition coefficient (Wildman–Crippen LogP) is 2.11. The molecule has 0 aliphatic carbocycles. The van der Waals surface area contributed by atoms with Crippen LogP contribution in [0, 0.1) is 0 Å². The van der Waals surface area contributed by atoms with E-state index in [0.29, 0.717) is 26.3 Å². The number of carbonyl (C=O) groups excluding carboxylic acids is 1. The molecular formula is C22H29N3O4. The first-order valence-electron chi connectivity index (χ1n) is 10.0. The first-order valence-corrected chi connectivity index (χ1v) is 10.0. The first kappa shape index (κ1) is 20.8. The van der Waals surface area contributed by atoms with Crippen LogP contribution in [0.2, 0.25) is 0 Å². The van der Waals surface area contributed by atoms with Crippen LogP contribution < -0.4 is 19.7 Å². The Morgan fingerprint density at radius 3 is 2.21 bits per heavy atom. The second-order valence-electron chi connectivity index (χ2n) is 6.88. The Bertz CT molecular complexity index is 757. The number of piperazine rings is 1. The Balaban J connectivity index is 1.30. The van der Waals surface area contributed by atoms with Gasteiger partial charge in [-0.2, -0.15) is 0 Å². The summed E-state index contributed by atoms with van der Waals surface area (Å²) in [6.07, 6.45) is 0. The van der Waals surface area contributed by atoms with Gasteiger partial charge in [-0.05, 0) is 55.5 Å². The van der Waals surface area contributed by atoms with E-state index in [1.165, 1.54) is 0 Å². The van der Waals surface area contributed by atoms with Crippen molar-refractivity contribution >= 4 is 11.6 Å². The van der Waals surface area contributed by atoms with Gasteiger partial charge in [0.15, 0.2) is 0 Å². The molecule has 1 heterocycles. The van der Waals surface area contributed by atoms with Gasteiger partial charge in [-0.1, -0.05) is 0 Å². The van der Waals surface area contributed by atoms with Crippen LogP contribution in [-0.4, -0.2) is 68.4 Å². The van der Waals surface area contributed by atoms with Crippen LogP contribution in [0.25, 0.3) is 0 Å². The number of nitrogens with zero attached hydrogens (tertiary/aromatic N) is 2. The van der Waals surface area contributed by atoms with Gasteiger partial charge < -0.3 is 24.8 Å². The quantitative estimate of drug-likeness (QED) is 0.629. The minimum atomic E-state index is 0.0124. The van der Waals surface area contributed by atoms with Crippen LogP contribution >= 0.6 is 0 Å². The fourth-order valence-electron chi connectivity index (χ4n) is 3.24. The van der Waals surface area contributed by atoms with E-state index < -0.39 is 0 Å². The molecule has 7 nitrogen and oxygen atoms in total. The van der Waals surface area contributed by atoms with E-state index in [9.17, 15) is 9.90 Å². The fourth-order valence-corrected chi connectivity index (χ4v) is 3.24. The molecule has 1 saturated heterocycles.